The van der Waals surface area contributed by atoms with E-state index in [0.29, 0.717) is 31.9 Å². The van der Waals surface area contributed by atoms with Crippen molar-refractivity contribution in [3.05, 3.63) is 72.3 Å². The van der Waals surface area contributed by atoms with Crippen LogP contribution in [0.4, 0.5) is 11.4 Å². The Hall–Kier alpha value is -3.38. The molecule has 0 unspecified atom stereocenters. The van der Waals surface area contributed by atoms with Gasteiger partial charge in [-0.25, -0.2) is 0 Å². The van der Waals surface area contributed by atoms with Crippen molar-refractivity contribution in [3.8, 4) is 0 Å². The summed E-state index contributed by atoms with van der Waals surface area (Å²) < 4.78 is 5.30. The Labute approximate surface area is 169 Å². The van der Waals surface area contributed by atoms with Gasteiger partial charge in [0.15, 0.2) is 0 Å². The number of carbonyl (C=O) groups excluding carboxylic acids is 2. The Balaban J connectivity index is 1.38. The van der Waals surface area contributed by atoms with Gasteiger partial charge in [0.2, 0.25) is 5.91 Å². The zero-order valence-electron chi connectivity index (χ0n) is 16.1. The molecule has 6 nitrogen and oxygen atoms in total. The number of nitrogens with zero attached hydrogens (tertiary/aromatic N) is 1. The predicted molar refractivity (Wildman–Crippen MR) is 114 cm³/mol. The molecular weight excluding hydrogens is 366 g/mol. The van der Waals surface area contributed by atoms with Gasteiger partial charge in [-0.3, -0.25) is 9.59 Å². The molecule has 3 aromatic carbocycles. The molecule has 0 bridgehead atoms. The lowest BCUT2D eigenvalue weighted by molar-refractivity contribution is -0.114. The van der Waals surface area contributed by atoms with Crippen LogP contribution in [0.15, 0.2) is 66.7 Å². The fourth-order valence-corrected chi connectivity index (χ4v) is 3.42. The van der Waals surface area contributed by atoms with Crippen molar-refractivity contribution in [3.63, 3.8) is 0 Å². The molecule has 0 aromatic heterocycles. The minimum absolute atomic E-state index is 0.0165. The molecule has 1 aliphatic heterocycles. The molecule has 4 rings (SSSR count). The van der Waals surface area contributed by atoms with E-state index in [1.165, 1.54) is 0 Å². The van der Waals surface area contributed by atoms with Gasteiger partial charge in [0.05, 0.1) is 19.8 Å². The number of morpholine rings is 1. The molecule has 2 amide bonds. The van der Waals surface area contributed by atoms with E-state index in [2.05, 4.69) is 10.6 Å². The smallest absolute Gasteiger partial charge is 0.254 e. The van der Waals surface area contributed by atoms with E-state index < -0.39 is 0 Å². The average Bonchev–Trinajstić information content (AvgIpc) is 2.78. The number of anilines is 2. The maximum Gasteiger partial charge on any atom is 0.254 e. The number of benzene rings is 3. The lowest BCUT2D eigenvalue weighted by Gasteiger charge is -2.27. The Morgan fingerprint density at radius 1 is 0.931 bits per heavy atom. The summed E-state index contributed by atoms with van der Waals surface area (Å²) in [4.78, 5) is 26.8. The van der Waals surface area contributed by atoms with Crippen molar-refractivity contribution >= 4 is 34.0 Å². The molecule has 29 heavy (non-hydrogen) atoms. The average molecular weight is 389 g/mol. The van der Waals surface area contributed by atoms with Crippen LogP contribution in [0.5, 0.6) is 0 Å². The molecule has 1 saturated heterocycles. The quantitative estimate of drug-likeness (QED) is 0.702. The van der Waals surface area contributed by atoms with Crippen molar-refractivity contribution in [1.29, 1.82) is 0 Å². The lowest BCUT2D eigenvalue weighted by atomic mass is 10.1. The van der Waals surface area contributed by atoms with E-state index >= 15 is 0 Å². The van der Waals surface area contributed by atoms with Gasteiger partial charge in [0, 0.05) is 35.4 Å². The zero-order valence-corrected chi connectivity index (χ0v) is 16.1. The summed E-state index contributed by atoms with van der Waals surface area (Å²) in [5, 5.41) is 8.14. The third kappa shape index (κ3) is 4.55. The summed E-state index contributed by atoms with van der Waals surface area (Å²) in [6.45, 7) is 2.45. The van der Waals surface area contributed by atoms with Crippen LogP contribution < -0.4 is 10.6 Å². The highest BCUT2D eigenvalue weighted by molar-refractivity contribution is 6.03. The SMILES string of the molecule is O=C(CNc1cccc(C(=O)N2CCOCC2)c1)Nc1cccc2ccccc12. The highest BCUT2D eigenvalue weighted by atomic mass is 16.5. The monoisotopic (exact) mass is 389 g/mol. The lowest BCUT2D eigenvalue weighted by Crippen LogP contribution is -2.40. The van der Waals surface area contributed by atoms with Crippen molar-refractivity contribution in [2.45, 2.75) is 0 Å². The summed E-state index contributed by atoms with van der Waals surface area (Å²) in [7, 11) is 0. The summed E-state index contributed by atoms with van der Waals surface area (Å²) in [5.74, 6) is -0.164. The number of hydrogen-bond donors (Lipinski definition) is 2. The van der Waals surface area contributed by atoms with Gasteiger partial charge in [0.25, 0.3) is 5.91 Å². The van der Waals surface area contributed by atoms with Crippen LogP contribution in [0.2, 0.25) is 0 Å². The van der Waals surface area contributed by atoms with Crippen molar-refractivity contribution in [1.82, 2.24) is 4.90 Å². The van der Waals surface area contributed by atoms with E-state index in [1.807, 2.05) is 54.6 Å². The molecule has 1 heterocycles. The number of fused-ring (bicyclic) bond motifs is 1. The van der Waals surface area contributed by atoms with E-state index in [0.717, 1.165) is 22.1 Å². The third-order valence-corrected chi connectivity index (χ3v) is 4.92. The zero-order chi connectivity index (χ0) is 20.1. The second-order valence-electron chi connectivity index (χ2n) is 6.91. The minimum atomic E-state index is -0.147. The van der Waals surface area contributed by atoms with Gasteiger partial charge < -0.3 is 20.3 Å². The van der Waals surface area contributed by atoms with E-state index in [1.54, 1.807) is 17.0 Å². The van der Waals surface area contributed by atoms with Crippen LogP contribution in [0, 0.1) is 0 Å². The molecule has 6 heteroatoms. The van der Waals surface area contributed by atoms with Crippen LogP contribution >= 0.6 is 0 Å². The molecule has 2 N–H and O–H groups in total. The van der Waals surface area contributed by atoms with E-state index in [4.69, 9.17) is 4.74 Å². The second kappa shape index (κ2) is 8.75. The van der Waals surface area contributed by atoms with Crippen LogP contribution in [-0.4, -0.2) is 49.6 Å². The molecule has 0 saturated carbocycles. The number of hydrogen-bond acceptors (Lipinski definition) is 4. The number of ether oxygens (including phenoxy) is 1. The minimum Gasteiger partial charge on any atom is -0.378 e. The van der Waals surface area contributed by atoms with Crippen LogP contribution in [0.1, 0.15) is 10.4 Å². The Morgan fingerprint density at radius 3 is 2.55 bits per heavy atom. The third-order valence-electron chi connectivity index (χ3n) is 4.92. The Kier molecular flexibility index (Phi) is 5.72. The van der Waals surface area contributed by atoms with Gasteiger partial charge in [0.1, 0.15) is 0 Å². The summed E-state index contributed by atoms with van der Waals surface area (Å²) in [5.41, 5.74) is 2.12. The number of carbonyl (C=O) groups is 2. The topological polar surface area (TPSA) is 70.7 Å². The first-order valence-electron chi connectivity index (χ1n) is 9.69. The largest absolute Gasteiger partial charge is 0.378 e. The number of rotatable bonds is 5. The molecule has 3 aromatic rings. The van der Waals surface area contributed by atoms with Gasteiger partial charge >= 0.3 is 0 Å². The van der Waals surface area contributed by atoms with Crippen LogP contribution in [-0.2, 0) is 9.53 Å². The summed E-state index contributed by atoms with van der Waals surface area (Å²) >= 11 is 0. The van der Waals surface area contributed by atoms with Crippen molar-refractivity contribution in [2.24, 2.45) is 0 Å². The van der Waals surface area contributed by atoms with Crippen molar-refractivity contribution < 1.29 is 14.3 Å². The molecule has 0 radical (unpaired) electrons. The van der Waals surface area contributed by atoms with Crippen molar-refractivity contribution in [2.75, 3.05) is 43.5 Å². The molecule has 0 spiro atoms. The fourth-order valence-electron chi connectivity index (χ4n) is 3.42. The Bertz CT molecular complexity index is 1020. The highest BCUT2D eigenvalue weighted by Crippen LogP contribution is 2.23. The first-order valence-corrected chi connectivity index (χ1v) is 9.69. The first kappa shape index (κ1) is 19.0. The fraction of sp³-hybridized carbons (Fsp3) is 0.217. The van der Waals surface area contributed by atoms with E-state index in [-0.39, 0.29) is 18.4 Å². The molecule has 0 atom stereocenters. The summed E-state index contributed by atoms with van der Waals surface area (Å²) in [6.07, 6.45) is 0. The predicted octanol–water partition coefficient (Wildman–Crippen LogP) is 3.36. The van der Waals surface area contributed by atoms with Gasteiger partial charge in [-0.1, -0.05) is 42.5 Å². The highest BCUT2D eigenvalue weighted by Gasteiger charge is 2.18. The molecular formula is C23H23N3O3. The standard InChI is InChI=1S/C23H23N3O3/c27-22(25-21-10-4-6-17-5-1-2-9-20(17)21)16-24-19-8-3-7-18(15-19)23(28)26-11-13-29-14-12-26/h1-10,15,24H,11-14,16H2,(H,25,27). The summed E-state index contributed by atoms with van der Waals surface area (Å²) in [6, 6.07) is 21.0. The number of nitrogens with one attached hydrogen (secondary N) is 2. The normalized spacial score (nSPS) is 13.9. The Morgan fingerprint density at radius 2 is 1.69 bits per heavy atom. The number of amides is 2. The second-order valence-corrected chi connectivity index (χ2v) is 6.91. The van der Waals surface area contributed by atoms with Crippen LogP contribution in [0.3, 0.4) is 0 Å². The van der Waals surface area contributed by atoms with E-state index in [9.17, 15) is 9.59 Å². The maximum absolute atomic E-state index is 12.6. The molecule has 0 aliphatic carbocycles. The first-order chi connectivity index (χ1) is 14.2. The molecule has 1 fully saturated rings. The van der Waals surface area contributed by atoms with Crippen LogP contribution in [0.25, 0.3) is 10.8 Å². The van der Waals surface area contributed by atoms with Gasteiger partial charge in [-0.15, -0.1) is 0 Å². The maximum atomic E-state index is 12.6. The van der Waals surface area contributed by atoms with Gasteiger partial charge in [-0.2, -0.15) is 0 Å². The van der Waals surface area contributed by atoms with Gasteiger partial charge in [-0.05, 0) is 29.7 Å². The molecule has 1 aliphatic rings. The molecule has 148 valence electrons.